The van der Waals surface area contributed by atoms with Gasteiger partial charge in [-0.1, -0.05) is 53.8 Å². The van der Waals surface area contributed by atoms with E-state index < -0.39 is 0 Å². The average molecular weight is 360 g/mol. The maximum absolute atomic E-state index is 12.5. The van der Waals surface area contributed by atoms with E-state index in [1.807, 2.05) is 23.7 Å². The first kappa shape index (κ1) is 16.4. The van der Waals surface area contributed by atoms with Crippen molar-refractivity contribution >= 4 is 44.0 Å². The Morgan fingerprint density at radius 2 is 1.62 bits per heavy atom. The molecule has 0 atom stereocenters. The van der Waals surface area contributed by atoms with Gasteiger partial charge < -0.3 is 4.57 Å². The van der Waals surface area contributed by atoms with Gasteiger partial charge in [0, 0.05) is 23.6 Å². The molecule has 0 saturated heterocycles. The molecule has 4 rings (SSSR count). The number of rotatable bonds is 2. The molecule has 5 heteroatoms. The monoisotopic (exact) mass is 360 g/mol. The number of carbonyl (C=O) groups excluding carboxylic acids is 2. The van der Waals surface area contributed by atoms with Crippen molar-refractivity contribution in [2.24, 2.45) is 12.0 Å². The lowest BCUT2D eigenvalue weighted by atomic mass is 10.1. The minimum Gasteiger partial charge on any atom is -0.319 e. The smallest absolute Gasteiger partial charge is 0.279 e. The highest BCUT2D eigenvalue weighted by Gasteiger charge is 2.10. The van der Waals surface area contributed by atoms with Gasteiger partial charge in [-0.25, -0.2) is 0 Å². The van der Waals surface area contributed by atoms with Gasteiger partial charge in [-0.15, -0.1) is 0 Å². The molecule has 0 aliphatic carbocycles. The maximum Gasteiger partial charge on any atom is 0.279 e. The molecule has 0 saturated carbocycles. The SMILES string of the molecule is CC(=O)c1ccc(C(=O)N=c2sc3c4ccccc4ccc3n2C)cc1. The second-order valence-corrected chi connectivity index (χ2v) is 7.11. The Hall–Kier alpha value is -3.05. The van der Waals surface area contributed by atoms with Crippen LogP contribution in [0.5, 0.6) is 0 Å². The van der Waals surface area contributed by atoms with Crippen molar-refractivity contribution < 1.29 is 9.59 Å². The van der Waals surface area contributed by atoms with Gasteiger partial charge in [-0.05, 0) is 30.5 Å². The molecule has 4 nitrogen and oxygen atoms in total. The average Bonchev–Trinajstić information content (AvgIpc) is 2.98. The van der Waals surface area contributed by atoms with E-state index in [9.17, 15) is 9.59 Å². The molecule has 0 unspecified atom stereocenters. The Morgan fingerprint density at radius 1 is 0.923 bits per heavy atom. The van der Waals surface area contributed by atoms with E-state index >= 15 is 0 Å². The Morgan fingerprint density at radius 3 is 2.35 bits per heavy atom. The summed E-state index contributed by atoms with van der Waals surface area (Å²) < 4.78 is 3.05. The zero-order valence-electron chi connectivity index (χ0n) is 14.4. The fourth-order valence-corrected chi connectivity index (χ4v) is 4.11. The predicted octanol–water partition coefficient (Wildman–Crippen LogP) is 4.34. The molecule has 26 heavy (non-hydrogen) atoms. The molecule has 0 fully saturated rings. The van der Waals surface area contributed by atoms with Crippen LogP contribution in [-0.4, -0.2) is 16.3 Å². The number of hydrogen-bond acceptors (Lipinski definition) is 3. The lowest BCUT2D eigenvalue weighted by Crippen LogP contribution is -2.13. The van der Waals surface area contributed by atoms with Gasteiger partial charge in [-0.3, -0.25) is 9.59 Å². The highest BCUT2D eigenvalue weighted by atomic mass is 32.1. The van der Waals surface area contributed by atoms with E-state index in [4.69, 9.17) is 0 Å². The van der Waals surface area contributed by atoms with Crippen molar-refractivity contribution in [2.45, 2.75) is 6.92 Å². The number of nitrogens with zero attached hydrogens (tertiary/aromatic N) is 2. The summed E-state index contributed by atoms with van der Waals surface area (Å²) >= 11 is 1.51. The van der Waals surface area contributed by atoms with Crippen molar-refractivity contribution in [1.29, 1.82) is 0 Å². The van der Waals surface area contributed by atoms with Crippen molar-refractivity contribution in [1.82, 2.24) is 4.57 Å². The molecule has 3 aromatic carbocycles. The second-order valence-electron chi connectivity index (χ2n) is 6.13. The lowest BCUT2D eigenvalue weighted by molar-refractivity contribution is 0.0991. The van der Waals surface area contributed by atoms with Crippen LogP contribution in [0.3, 0.4) is 0 Å². The summed E-state index contributed by atoms with van der Waals surface area (Å²) in [5, 5.41) is 2.32. The van der Waals surface area contributed by atoms with Crippen LogP contribution in [0.15, 0.2) is 65.7 Å². The number of thiazole rings is 1. The van der Waals surface area contributed by atoms with Crippen LogP contribution in [0, 0.1) is 0 Å². The van der Waals surface area contributed by atoms with E-state index in [-0.39, 0.29) is 11.7 Å². The Kier molecular flexibility index (Phi) is 4.01. The number of hydrogen-bond donors (Lipinski definition) is 0. The third kappa shape index (κ3) is 2.76. The van der Waals surface area contributed by atoms with Crippen LogP contribution in [0.2, 0.25) is 0 Å². The van der Waals surface area contributed by atoms with E-state index in [1.165, 1.54) is 23.6 Å². The van der Waals surface area contributed by atoms with Crippen LogP contribution in [0.4, 0.5) is 0 Å². The number of amides is 1. The van der Waals surface area contributed by atoms with E-state index in [0.29, 0.717) is 15.9 Å². The molecular weight excluding hydrogens is 344 g/mol. The largest absolute Gasteiger partial charge is 0.319 e. The van der Waals surface area contributed by atoms with Gasteiger partial charge in [0.1, 0.15) is 0 Å². The molecule has 128 valence electrons. The van der Waals surface area contributed by atoms with Gasteiger partial charge >= 0.3 is 0 Å². The highest BCUT2D eigenvalue weighted by Crippen LogP contribution is 2.27. The molecule has 4 aromatic rings. The normalized spacial score (nSPS) is 12.0. The Bertz CT molecular complexity index is 1230. The summed E-state index contributed by atoms with van der Waals surface area (Å²) in [4.78, 5) is 28.8. The third-order valence-electron chi connectivity index (χ3n) is 4.44. The number of carbonyl (C=O) groups is 2. The summed E-state index contributed by atoms with van der Waals surface area (Å²) in [6, 6.07) is 18.9. The standard InChI is InChI=1S/C21H16N2O2S/c1-13(24)14-7-9-16(10-8-14)20(25)22-21-23(2)18-12-11-15-5-3-4-6-17(15)19(18)26-21/h3-12H,1-2H3. The number of fused-ring (bicyclic) bond motifs is 3. The van der Waals surface area contributed by atoms with Gasteiger partial charge in [-0.2, -0.15) is 4.99 Å². The summed E-state index contributed by atoms with van der Waals surface area (Å²) in [5.74, 6) is -0.338. The first-order valence-corrected chi connectivity index (χ1v) is 9.03. The second kappa shape index (κ2) is 6.35. The summed E-state index contributed by atoms with van der Waals surface area (Å²) in [5.41, 5.74) is 2.10. The minimum absolute atomic E-state index is 0.0243. The number of benzene rings is 3. The molecule has 0 aliphatic heterocycles. The fraction of sp³-hybridized carbons (Fsp3) is 0.0952. The molecular formula is C21H16N2O2S. The minimum atomic E-state index is -0.313. The van der Waals surface area contributed by atoms with Gasteiger partial charge in [0.2, 0.25) is 0 Å². The van der Waals surface area contributed by atoms with Crippen molar-refractivity contribution in [3.8, 4) is 0 Å². The lowest BCUT2D eigenvalue weighted by Gasteiger charge is -2.00. The third-order valence-corrected chi connectivity index (χ3v) is 5.62. The number of aromatic nitrogens is 1. The first-order valence-electron chi connectivity index (χ1n) is 8.22. The van der Waals surface area contributed by atoms with E-state index in [1.54, 1.807) is 24.3 Å². The van der Waals surface area contributed by atoms with E-state index in [0.717, 1.165) is 15.6 Å². The molecule has 1 aromatic heterocycles. The zero-order chi connectivity index (χ0) is 18.3. The van der Waals surface area contributed by atoms with Crippen LogP contribution in [0.1, 0.15) is 27.6 Å². The summed E-state index contributed by atoms with van der Waals surface area (Å²) in [6.45, 7) is 1.50. The predicted molar refractivity (Wildman–Crippen MR) is 105 cm³/mol. The quantitative estimate of drug-likeness (QED) is 0.499. The van der Waals surface area contributed by atoms with Crippen LogP contribution in [0.25, 0.3) is 21.0 Å². The zero-order valence-corrected chi connectivity index (χ0v) is 15.2. The highest BCUT2D eigenvalue weighted by molar-refractivity contribution is 7.17. The summed E-state index contributed by atoms with van der Waals surface area (Å²) in [6.07, 6.45) is 0. The van der Waals surface area contributed by atoms with Crippen LogP contribution < -0.4 is 4.80 Å². The van der Waals surface area contributed by atoms with Crippen molar-refractivity contribution in [3.63, 3.8) is 0 Å². The van der Waals surface area contributed by atoms with Gasteiger partial charge in [0.05, 0.1) is 10.2 Å². The fourth-order valence-electron chi connectivity index (χ4n) is 2.96. The molecule has 0 aliphatic rings. The van der Waals surface area contributed by atoms with Crippen molar-refractivity contribution in [3.05, 3.63) is 76.6 Å². The Balaban J connectivity index is 1.82. The molecule has 0 spiro atoms. The van der Waals surface area contributed by atoms with Crippen LogP contribution >= 0.6 is 11.3 Å². The summed E-state index contributed by atoms with van der Waals surface area (Å²) in [7, 11) is 1.92. The topological polar surface area (TPSA) is 51.4 Å². The molecule has 0 radical (unpaired) electrons. The molecule has 1 heterocycles. The number of ketones is 1. The number of Topliss-reactive ketones (excluding diaryl/α,β-unsaturated/α-hetero) is 1. The molecule has 0 bridgehead atoms. The van der Waals surface area contributed by atoms with Crippen LogP contribution in [-0.2, 0) is 7.05 Å². The number of aryl methyl sites for hydroxylation is 1. The maximum atomic E-state index is 12.5. The van der Waals surface area contributed by atoms with Gasteiger partial charge in [0.25, 0.3) is 5.91 Å². The van der Waals surface area contributed by atoms with Gasteiger partial charge in [0.15, 0.2) is 10.6 Å². The Labute approximate surface area is 154 Å². The molecule has 1 amide bonds. The van der Waals surface area contributed by atoms with Crippen molar-refractivity contribution in [2.75, 3.05) is 0 Å². The van der Waals surface area contributed by atoms with E-state index in [2.05, 4.69) is 29.3 Å². The first-order chi connectivity index (χ1) is 12.5. The molecule has 0 N–H and O–H groups in total.